The van der Waals surface area contributed by atoms with Gasteiger partial charge in [-0.25, -0.2) is 0 Å². The molecule has 1 aromatic rings. The summed E-state index contributed by atoms with van der Waals surface area (Å²) in [4.78, 5) is 6.76. The third kappa shape index (κ3) is 3.37. The van der Waals surface area contributed by atoms with Gasteiger partial charge in [-0.15, -0.1) is 11.3 Å². The van der Waals surface area contributed by atoms with E-state index >= 15 is 0 Å². The van der Waals surface area contributed by atoms with Crippen molar-refractivity contribution >= 4 is 27.3 Å². The second-order valence-electron chi connectivity index (χ2n) is 6.66. The normalized spacial score (nSPS) is 30.9. The molecule has 0 amide bonds. The predicted molar refractivity (Wildman–Crippen MR) is 93.8 cm³/mol. The van der Waals surface area contributed by atoms with Gasteiger partial charge in [-0.2, -0.15) is 0 Å². The van der Waals surface area contributed by atoms with Gasteiger partial charge in [0.2, 0.25) is 0 Å². The molecular formula is C16H26BrN3S. The van der Waals surface area contributed by atoms with Crippen molar-refractivity contribution in [2.45, 2.75) is 57.3 Å². The highest BCUT2D eigenvalue weighted by Gasteiger charge is 2.38. The topological polar surface area (TPSA) is 32.5 Å². The molecule has 3 rings (SSSR count). The van der Waals surface area contributed by atoms with E-state index in [1.165, 1.54) is 48.2 Å². The molecule has 4 atom stereocenters. The lowest BCUT2D eigenvalue weighted by Gasteiger charge is -2.50. The highest BCUT2D eigenvalue weighted by Crippen LogP contribution is 2.35. The summed E-state index contributed by atoms with van der Waals surface area (Å²) in [5, 5.41) is 2.17. The third-order valence-corrected chi connectivity index (χ3v) is 6.73. The van der Waals surface area contributed by atoms with E-state index < -0.39 is 0 Å². The summed E-state index contributed by atoms with van der Waals surface area (Å²) < 4.78 is 1.18. The second-order valence-corrected chi connectivity index (χ2v) is 8.52. The minimum Gasteiger partial charge on any atom is -0.326 e. The fourth-order valence-corrected chi connectivity index (χ4v) is 5.65. The number of fused-ring (bicyclic) bond motifs is 1. The molecule has 2 aliphatic heterocycles. The molecule has 2 N–H and O–H groups in total. The van der Waals surface area contributed by atoms with Gasteiger partial charge >= 0.3 is 0 Å². The van der Waals surface area contributed by atoms with Crippen LogP contribution in [-0.4, -0.2) is 47.6 Å². The van der Waals surface area contributed by atoms with Gasteiger partial charge in [0.15, 0.2) is 0 Å². The Balaban J connectivity index is 1.81. The number of hydrogen-bond donors (Lipinski definition) is 1. The maximum Gasteiger partial charge on any atom is 0.0594 e. The fraction of sp³-hybridized carbons (Fsp3) is 0.750. The quantitative estimate of drug-likeness (QED) is 0.882. The van der Waals surface area contributed by atoms with Gasteiger partial charge in [0.1, 0.15) is 0 Å². The summed E-state index contributed by atoms with van der Waals surface area (Å²) >= 11 is 5.42. The molecule has 0 radical (unpaired) electrons. The van der Waals surface area contributed by atoms with Crippen LogP contribution in [0.3, 0.4) is 0 Å². The van der Waals surface area contributed by atoms with Crippen molar-refractivity contribution in [1.29, 1.82) is 0 Å². The minimum atomic E-state index is 0.160. The van der Waals surface area contributed by atoms with E-state index in [-0.39, 0.29) is 6.04 Å². The lowest BCUT2D eigenvalue weighted by atomic mass is 9.94. The predicted octanol–water partition coefficient (Wildman–Crippen LogP) is 3.46. The first-order chi connectivity index (χ1) is 10.1. The van der Waals surface area contributed by atoms with Crippen LogP contribution in [-0.2, 0) is 0 Å². The number of halogens is 1. The van der Waals surface area contributed by atoms with Crippen molar-refractivity contribution in [2.75, 3.05) is 19.6 Å². The second kappa shape index (κ2) is 6.67. The first kappa shape index (κ1) is 15.9. The van der Waals surface area contributed by atoms with Crippen LogP contribution >= 0.6 is 27.3 Å². The molecule has 1 aromatic heterocycles. The number of thiophene rings is 1. The summed E-state index contributed by atoms with van der Waals surface area (Å²) in [6, 6.07) is 4.07. The van der Waals surface area contributed by atoms with Crippen LogP contribution in [0.2, 0.25) is 0 Å². The molecule has 0 spiro atoms. The molecule has 0 aromatic carbocycles. The number of hydrogen-bond acceptors (Lipinski definition) is 4. The molecule has 4 unspecified atom stereocenters. The van der Waals surface area contributed by atoms with E-state index in [0.29, 0.717) is 12.1 Å². The molecule has 3 nitrogen and oxygen atoms in total. The Morgan fingerprint density at radius 3 is 2.86 bits per heavy atom. The van der Waals surface area contributed by atoms with Crippen molar-refractivity contribution in [3.05, 3.63) is 20.8 Å². The molecule has 5 heteroatoms. The van der Waals surface area contributed by atoms with Crippen LogP contribution in [0.25, 0.3) is 0 Å². The minimum absolute atomic E-state index is 0.160. The molecular weight excluding hydrogens is 346 g/mol. The monoisotopic (exact) mass is 371 g/mol. The molecule has 2 aliphatic rings. The standard InChI is InChI=1S/C16H26BrN3S/c1-11-8-19-6-4-3-5-14(19)9-20(11)16(12(2)18)15-7-13(17)10-21-15/h7,10-12,14,16H,3-6,8-9,18H2,1-2H3. The van der Waals surface area contributed by atoms with Gasteiger partial charge in [0.25, 0.3) is 0 Å². The smallest absolute Gasteiger partial charge is 0.0594 e. The highest BCUT2D eigenvalue weighted by molar-refractivity contribution is 9.10. The van der Waals surface area contributed by atoms with Crippen LogP contribution in [0.1, 0.15) is 44.0 Å². The maximum absolute atomic E-state index is 6.38. The van der Waals surface area contributed by atoms with Crippen LogP contribution in [0, 0.1) is 0 Å². The molecule has 3 heterocycles. The zero-order chi connectivity index (χ0) is 15.0. The summed E-state index contributed by atoms with van der Waals surface area (Å²) in [6.07, 6.45) is 4.11. The van der Waals surface area contributed by atoms with Gasteiger partial charge < -0.3 is 5.73 Å². The Bertz CT molecular complexity index is 476. The first-order valence-electron chi connectivity index (χ1n) is 8.05. The van der Waals surface area contributed by atoms with E-state index in [0.717, 1.165) is 6.04 Å². The number of piperazine rings is 1. The zero-order valence-corrected chi connectivity index (χ0v) is 15.4. The summed E-state index contributed by atoms with van der Waals surface area (Å²) in [7, 11) is 0. The Hall–Kier alpha value is 0.0600. The molecule has 118 valence electrons. The van der Waals surface area contributed by atoms with E-state index in [1.807, 2.05) is 11.3 Å². The highest BCUT2D eigenvalue weighted by atomic mass is 79.9. The van der Waals surface area contributed by atoms with Crippen molar-refractivity contribution < 1.29 is 0 Å². The summed E-state index contributed by atoms with van der Waals surface area (Å²) in [6.45, 7) is 8.17. The number of nitrogens with zero attached hydrogens (tertiary/aromatic N) is 2. The van der Waals surface area contributed by atoms with Gasteiger partial charge in [-0.05, 0) is 55.2 Å². The van der Waals surface area contributed by atoms with Gasteiger partial charge in [-0.1, -0.05) is 6.42 Å². The Kier molecular flexibility index (Phi) is 5.06. The van der Waals surface area contributed by atoms with Crippen LogP contribution in [0.5, 0.6) is 0 Å². The van der Waals surface area contributed by atoms with Crippen LogP contribution in [0.4, 0.5) is 0 Å². The van der Waals surface area contributed by atoms with E-state index in [1.54, 1.807) is 0 Å². The Morgan fingerprint density at radius 2 is 2.19 bits per heavy atom. The molecule has 0 aliphatic carbocycles. The van der Waals surface area contributed by atoms with Gasteiger partial charge in [0, 0.05) is 45.9 Å². The molecule has 0 saturated carbocycles. The fourth-order valence-electron chi connectivity index (χ4n) is 3.97. The Labute approximate surface area is 140 Å². The number of nitrogens with two attached hydrogens (primary N) is 1. The lowest BCUT2D eigenvalue weighted by Crippen LogP contribution is -2.60. The van der Waals surface area contributed by atoms with Crippen molar-refractivity contribution in [3.63, 3.8) is 0 Å². The van der Waals surface area contributed by atoms with E-state index in [9.17, 15) is 0 Å². The van der Waals surface area contributed by atoms with Crippen molar-refractivity contribution in [1.82, 2.24) is 9.80 Å². The SMILES string of the molecule is CC(N)C(c1cc(Br)cs1)N1CC2CCCCN2CC1C. The zero-order valence-electron chi connectivity index (χ0n) is 13.0. The van der Waals surface area contributed by atoms with Crippen LogP contribution in [0.15, 0.2) is 15.9 Å². The van der Waals surface area contributed by atoms with Crippen molar-refractivity contribution in [2.24, 2.45) is 5.73 Å². The lowest BCUT2D eigenvalue weighted by molar-refractivity contribution is -0.0123. The summed E-state index contributed by atoms with van der Waals surface area (Å²) in [5.74, 6) is 0. The largest absolute Gasteiger partial charge is 0.326 e. The summed E-state index contributed by atoms with van der Waals surface area (Å²) in [5.41, 5.74) is 6.38. The number of piperidine rings is 1. The average Bonchev–Trinajstić information content (AvgIpc) is 2.85. The van der Waals surface area contributed by atoms with Gasteiger partial charge in [-0.3, -0.25) is 9.80 Å². The molecule has 21 heavy (non-hydrogen) atoms. The number of rotatable bonds is 3. The first-order valence-corrected chi connectivity index (χ1v) is 9.73. The van der Waals surface area contributed by atoms with E-state index in [4.69, 9.17) is 5.73 Å². The van der Waals surface area contributed by atoms with Gasteiger partial charge in [0.05, 0.1) is 6.04 Å². The van der Waals surface area contributed by atoms with Crippen molar-refractivity contribution in [3.8, 4) is 0 Å². The third-order valence-electron chi connectivity index (χ3n) is 4.97. The van der Waals surface area contributed by atoms with E-state index in [2.05, 4.69) is 51.0 Å². The van der Waals surface area contributed by atoms with Crippen LogP contribution < -0.4 is 5.73 Å². The molecule has 0 bridgehead atoms. The average molecular weight is 372 g/mol. The molecule has 2 saturated heterocycles. The Morgan fingerprint density at radius 1 is 1.38 bits per heavy atom. The molecule has 2 fully saturated rings. The maximum atomic E-state index is 6.38.